The highest BCUT2D eigenvalue weighted by atomic mass is 16.5. The number of morpholine rings is 1. The van der Waals surface area contributed by atoms with Gasteiger partial charge in [0, 0.05) is 24.7 Å². The molecule has 108 valence electrons. The first kappa shape index (κ1) is 15.1. The lowest BCUT2D eigenvalue weighted by molar-refractivity contribution is -0.0592. The van der Waals surface area contributed by atoms with E-state index in [9.17, 15) is 0 Å². The van der Waals surface area contributed by atoms with Crippen molar-refractivity contribution in [1.29, 1.82) is 0 Å². The summed E-state index contributed by atoms with van der Waals surface area (Å²) in [5.74, 6) is 5.58. The molecule has 1 aromatic rings. The Morgan fingerprint density at radius 2 is 2.10 bits per heavy atom. The lowest BCUT2D eigenvalue weighted by atomic mass is 10.1. The summed E-state index contributed by atoms with van der Waals surface area (Å²) in [5.41, 5.74) is 2.25. The van der Waals surface area contributed by atoms with Crippen molar-refractivity contribution in [3.63, 3.8) is 0 Å². The second-order valence-electron chi connectivity index (χ2n) is 5.29. The summed E-state index contributed by atoms with van der Waals surface area (Å²) in [6.45, 7) is 7.03. The van der Waals surface area contributed by atoms with Crippen molar-refractivity contribution in [1.82, 2.24) is 4.90 Å². The van der Waals surface area contributed by atoms with Gasteiger partial charge in [0.05, 0.1) is 12.7 Å². The minimum absolute atomic E-state index is 0.0917. The van der Waals surface area contributed by atoms with Gasteiger partial charge in [0.25, 0.3) is 0 Å². The fourth-order valence-corrected chi connectivity index (χ4v) is 2.55. The molecule has 3 heteroatoms. The number of aliphatic hydroxyl groups is 1. The summed E-state index contributed by atoms with van der Waals surface area (Å²) in [6, 6.07) is 8.79. The molecule has 1 heterocycles. The van der Waals surface area contributed by atoms with E-state index in [-0.39, 0.29) is 6.61 Å². The van der Waals surface area contributed by atoms with Crippen molar-refractivity contribution >= 4 is 0 Å². The van der Waals surface area contributed by atoms with Gasteiger partial charge in [0.2, 0.25) is 0 Å². The summed E-state index contributed by atoms with van der Waals surface area (Å²) in [5, 5.41) is 8.69. The zero-order chi connectivity index (χ0) is 14.4. The molecule has 0 aromatic heterocycles. The maximum atomic E-state index is 8.69. The van der Waals surface area contributed by atoms with Gasteiger partial charge in [-0.1, -0.05) is 30.9 Å². The standard InChI is InChI=1S/C17H23NO2/c1-3-17-13-20-14(2)11-18(17)12-16-8-6-15(7-9-16)5-4-10-19/h6-9,14,17,19H,3,10-13H2,1-2H3. The van der Waals surface area contributed by atoms with Gasteiger partial charge >= 0.3 is 0 Å². The predicted octanol–water partition coefficient (Wildman–Crippen LogP) is 2.03. The van der Waals surface area contributed by atoms with Crippen LogP contribution in [0.1, 0.15) is 31.4 Å². The van der Waals surface area contributed by atoms with E-state index < -0.39 is 0 Å². The van der Waals surface area contributed by atoms with Crippen LogP contribution in [0.4, 0.5) is 0 Å². The molecule has 1 aliphatic heterocycles. The van der Waals surface area contributed by atoms with Crippen molar-refractivity contribution in [2.45, 2.75) is 39.0 Å². The zero-order valence-electron chi connectivity index (χ0n) is 12.3. The number of benzene rings is 1. The number of ether oxygens (including phenoxy) is 1. The molecule has 3 nitrogen and oxygen atoms in total. The number of nitrogens with zero attached hydrogens (tertiary/aromatic N) is 1. The molecule has 2 rings (SSSR count). The van der Waals surface area contributed by atoms with Crippen molar-refractivity contribution in [2.24, 2.45) is 0 Å². The summed E-state index contributed by atoms with van der Waals surface area (Å²) in [7, 11) is 0. The molecule has 0 aliphatic carbocycles. The van der Waals surface area contributed by atoms with E-state index in [1.54, 1.807) is 0 Å². The second-order valence-corrected chi connectivity index (χ2v) is 5.29. The fourth-order valence-electron chi connectivity index (χ4n) is 2.55. The van der Waals surface area contributed by atoms with E-state index in [1.807, 2.05) is 12.1 Å². The molecule has 0 amide bonds. The highest BCUT2D eigenvalue weighted by Crippen LogP contribution is 2.18. The molecule has 1 saturated heterocycles. The molecule has 0 radical (unpaired) electrons. The number of hydrogen-bond acceptors (Lipinski definition) is 3. The summed E-state index contributed by atoms with van der Waals surface area (Å²) in [6.07, 6.45) is 1.43. The van der Waals surface area contributed by atoms with Crippen LogP contribution in [0.2, 0.25) is 0 Å². The Morgan fingerprint density at radius 1 is 1.35 bits per heavy atom. The Hall–Kier alpha value is -1.34. The molecule has 0 saturated carbocycles. The van der Waals surface area contributed by atoms with Gasteiger partial charge in [-0.05, 0) is 31.0 Å². The van der Waals surface area contributed by atoms with E-state index in [1.165, 1.54) is 5.56 Å². The first-order valence-electron chi connectivity index (χ1n) is 7.27. The van der Waals surface area contributed by atoms with E-state index in [2.05, 4.69) is 42.7 Å². The van der Waals surface area contributed by atoms with Crippen LogP contribution in [0.5, 0.6) is 0 Å². The SMILES string of the molecule is CCC1COC(C)CN1Cc1ccc(C#CCO)cc1. The first-order chi connectivity index (χ1) is 9.72. The van der Waals surface area contributed by atoms with Crippen molar-refractivity contribution < 1.29 is 9.84 Å². The lowest BCUT2D eigenvalue weighted by Gasteiger charge is -2.38. The van der Waals surface area contributed by atoms with Crippen LogP contribution < -0.4 is 0 Å². The van der Waals surface area contributed by atoms with Crippen LogP contribution in [0.3, 0.4) is 0 Å². The van der Waals surface area contributed by atoms with E-state index in [4.69, 9.17) is 9.84 Å². The lowest BCUT2D eigenvalue weighted by Crippen LogP contribution is -2.47. The van der Waals surface area contributed by atoms with E-state index in [0.717, 1.165) is 31.7 Å². The Labute approximate surface area is 121 Å². The normalized spacial score (nSPS) is 23.1. The minimum atomic E-state index is -0.0917. The van der Waals surface area contributed by atoms with E-state index >= 15 is 0 Å². The molecule has 2 atom stereocenters. The van der Waals surface area contributed by atoms with Gasteiger partial charge in [0.1, 0.15) is 6.61 Å². The zero-order valence-corrected chi connectivity index (χ0v) is 12.3. The average molecular weight is 273 g/mol. The topological polar surface area (TPSA) is 32.7 Å². The van der Waals surface area contributed by atoms with Crippen molar-refractivity contribution in [2.75, 3.05) is 19.8 Å². The van der Waals surface area contributed by atoms with Gasteiger partial charge in [-0.25, -0.2) is 0 Å². The van der Waals surface area contributed by atoms with Crippen molar-refractivity contribution in [3.8, 4) is 11.8 Å². The second kappa shape index (κ2) is 7.44. The van der Waals surface area contributed by atoms with Gasteiger partial charge in [-0.15, -0.1) is 0 Å². The Balaban J connectivity index is 2.01. The van der Waals surface area contributed by atoms with Gasteiger partial charge in [0.15, 0.2) is 0 Å². The third-order valence-electron chi connectivity index (χ3n) is 3.70. The van der Waals surface area contributed by atoms with Gasteiger partial charge in [-0.3, -0.25) is 4.90 Å². The molecule has 0 spiro atoms. The van der Waals surface area contributed by atoms with Crippen LogP contribution in [-0.2, 0) is 11.3 Å². The maximum absolute atomic E-state index is 8.69. The Morgan fingerprint density at radius 3 is 2.75 bits per heavy atom. The molecule has 1 aromatic carbocycles. The largest absolute Gasteiger partial charge is 0.384 e. The van der Waals surface area contributed by atoms with Crippen LogP contribution >= 0.6 is 0 Å². The predicted molar refractivity (Wildman–Crippen MR) is 80.3 cm³/mol. The van der Waals surface area contributed by atoms with Crippen LogP contribution in [0, 0.1) is 11.8 Å². The van der Waals surface area contributed by atoms with Crippen LogP contribution in [0.25, 0.3) is 0 Å². The molecule has 2 unspecified atom stereocenters. The molecule has 1 N–H and O–H groups in total. The Kier molecular flexibility index (Phi) is 5.60. The number of aliphatic hydroxyl groups excluding tert-OH is 1. The minimum Gasteiger partial charge on any atom is -0.384 e. The highest BCUT2D eigenvalue weighted by Gasteiger charge is 2.25. The Bertz CT molecular complexity index is 472. The molecule has 1 fully saturated rings. The third-order valence-corrected chi connectivity index (χ3v) is 3.70. The van der Waals surface area contributed by atoms with Crippen molar-refractivity contribution in [3.05, 3.63) is 35.4 Å². The first-order valence-corrected chi connectivity index (χ1v) is 7.27. The fraction of sp³-hybridized carbons (Fsp3) is 0.529. The number of rotatable bonds is 3. The molecular weight excluding hydrogens is 250 g/mol. The summed E-state index contributed by atoms with van der Waals surface area (Å²) >= 11 is 0. The maximum Gasteiger partial charge on any atom is 0.104 e. The average Bonchev–Trinajstić information content (AvgIpc) is 2.47. The molecule has 20 heavy (non-hydrogen) atoms. The molecule has 1 aliphatic rings. The monoisotopic (exact) mass is 273 g/mol. The van der Waals surface area contributed by atoms with Crippen LogP contribution in [0.15, 0.2) is 24.3 Å². The number of hydrogen-bond donors (Lipinski definition) is 1. The van der Waals surface area contributed by atoms with Gasteiger partial charge in [-0.2, -0.15) is 0 Å². The van der Waals surface area contributed by atoms with Crippen LogP contribution in [-0.4, -0.2) is 41.9 Å². The molecular formula is C17H23NO2. The summed E-state index contributed by atoms with van der Waals surface area (Å²) in [4.78, 5) is 2.50. The molecule has 0 bridgehead atoms. The quantitative estimate of drug-likeness (QED) is 0.855. The third kappa shape index (κ3) is 4.08. The summed E-state index contributed by atoms with van der Waals surface area (Å²) < 4.78 is 5.73. The smallest absolute Gasteiger partial charge is 0.104 e. The van der Waals surface area contributed by atoms with Gasteiger partial charge < -0.3 is 9.84 Å². The highest BCUT2D eigenvalue weighted by molar-refractivity contribution is 5.36. The van der Waals surface area contributed by atoms with E-state index in [0.29, 0.717) is 12.1 Å².